The minimum absolute atomic E-state index is 0.0545. The Kier molecular flexibility index (Phi) is 4.24. The van der Waals surface area contributed by atoms with Gasteiger partial charge < -0.3 is 9.88 Å². The predicted molar refractivity (Wildman–Crippen MR) is 132 cm³/mol. The number of carbonyl (C=O) groups is 1. The summed E-state index contributed by atoms with van der Waals surface area (Å²) < 4.78 is 0. The van der Waals surface area contributed by atoms with Crippen molar-refractivity contribution in [2.24, 2.45) is 0 Å². The molecule has 6 rings (SSSR count). The van der Waals surface area contributed by atoms with Crippen LogP contribution in [0.3, 0.4) is 0 Å². The summed E-state index contributed by atoms with van der Waals surface area (Å²) in [5.74, 6) is 0.0545. The van der Waals surface area contributed by atoms with Crippen molar-refractivity contribution in [1.82, 2.24) is 9.88 Å². The standard InChI is InChI=1S/C27H23N3OS/c1-16-12-13-22(17(2)14-16)30-26(31)23-15-20-19-10-6-7-11-21(19)28-24(20)25(29(23)27(30)32)18-8-4-3-5-9-18/h3-14,23,25,28H,15H2,1-2H3/t23-,25-/m1/s1. The van der Waals surface area contributed by atoms with Gasteiger partial charge in [0.05, 0.1) is 11.7 Å². The number of aromatic amines is 1. The van der Waals surface area contributed by atoms with Gasteiger partial charge in [-0.2, -0.15) is 0 Å². The number of nitrogens with one attached hydrogen (secondary N) is 1. The van der Waals surface area contributed by atoms with Crippen LogP contribution in [0.2, 0.25) is 0 Å². The largest absolute Gasteiger partial charge is 0.356 e. The number of amides is 1. The maximum absolute atomic E-state index is 13.8. The van der Waals surface area contributed by atoms with Gasteiger partial charge >= 0.3 is 0 Å². The summed E-state index contributed by atoms with van der Waals surface area (Å²) in [6.07, 6.45) is 0.642. The molecule has 4 aromatic rings. The Morgan fingerprint density at radius 3 is 2.50 bits per heavy atom. The summed E-state index contributed by atoms with van der Waals surface area (Å²) >= 11 is 5.99. The Balaban J connectivity index is 1.55. The van der Waals surface area contributed by atoms with Crippen LogP contribution in [0.1, 0.15) is 34.0 Å². The number of thiocarbonyl (C=S) groups is 1. The first kappa shape index (κ1) is 19.3. The van der Waals surface area contributed by atoms with Gasteiger partial charge in [0.2, 0.25) is 0 Å². The van der Waals surface area contributed by atoms with E-state index in [4.69, 9.17) is 12.2 Å². The molecule has 1 amide bonds. The maximum atomic E-state index is 13.8. The maximum Gasteiger partial charge on any atom is 0.256 e. The fraction of sp³-hybridized carbons (Fsp3) is 0.185. The number of fused-ring (bicyclic) bond motifs is 4. The second kappa shape index (κ2) is 7.04. The molecular weight excluding hydrogens is 414 g/mol. The van der Waals surface area contributed by atoms with Crippen molar-refractivity contribution in [3.8, 4) is 0 Å². The van der Waals surface area contributed by atoms with Crippen molar-refractivity contribution < 1.29 is 4.79 Å². The van der Waals surface area contributed by atoms with Crippen LogP contribution in [0.25, 0.3) is 10.9 Å². The number of carbonyl (C=O) groups excluding carboxylic acids is 1. The zero-order valence-electron chi connectivity index (χ0n) is 18.0. The molecule has 0 unspecified atom stereocenters. The Morgan fingerprint density at radius 2 is 1.72 bits per heavy atom. The third-order valence-corrected chi connectivity index (χ3v) is 7.15. The molecule has 5 heteroatoms. The molecule has 0 saturated carbocycles. The van der Waals surface area contributed by atoms with Crippen LogP contribution in [0.4, 0.5) is 5.69 Å². The van der Waals surface area contributed by atoms with E-state index in [0.29, 0.717) is 11.5 Å². The molecule has 0 bridgehead atoms. The van der Waals surface area contributed by atoms with Crippen LogP contribution in [0, 0.1) is 13.8 Å². The lowest BCUT2D eigenvalue weighted by Gasteiger charge is -2.37. The van der Waals surface area contributed by atoms with Crippen LogP contribution in [-0.4, -0.2) is 26.9 Å². The third-order valence-electron chi connectivity index (χ3n) is 6.76. The molecule has 1 N–H and O–H groups in total. The van der Waals surface area contributed by atoms with E-state index in [1.807, 2.05) is 43.3 Å². The zero-order chi connectivity index (χ0) is 22.0. The first-order valence-electron chi connectivity index (χ1n) is 10.9. The van der Waals surface area contributed by atoms with Crippen molar-refractivity contribution >= 4 is 39.8 Å². The number of hydrogen-bond acceptors (Lipinski definition) is 2. The van der Waals surface area contributed by atoms with Crippen molar-refractivity contribution in [2.75, 3.05) is 4.90 Å². The first-order chi connectivity index (χ1) is 15.5. The number of hydrogen-bond donors (Lipinski definition) is 1. The van der Waals surface area contributed by atoms with Crippen LogP contribution in [0.5, 0.6) is 0 Å². The van der Waals surface area contributed by atoms with Gasteiger partial charge in [0.25, 0.3) is 5.91 Å². The molecule has 1 saturated heterocycles. The Hall–Kier alpha value is -3.44. The van der Waals surface area contributed by atoms with Gasteiger partial charge in [-0.15, -0.1) is 0 Å². The van der Waals surface area contributed by atoms with Crippen molar-refractivity contribution in [1.29, 1.82) is 0 Å². The summed E-state index contributed by atoms with van der Waals surface area (Å²) in [4.78, 5) is 21.4. The molecule has 32 heavy (non-hydrogen) atoms. The molecular formula is C27H23N3OS. The summed E-state index contributed by atoms with van der Waals surface area (Å²) in [5, 5.41) is 1.76. The fourth-order valence-corrected chi connectivity index (χ4v) is 5.76. The van der Waals surface area contributed by atoms with Gasteiger partial charge in [0.15, 0.2) is 5.11 Å². The molecule has 3 heterocycles. The topological polar surface area (TPSA) is 39.3 Å². The average Bonchev–Trinajstić information content (AvgIpc) is 3.28. The molecule has 4 nitrogen and oxygen atoms in total. The highest BCUT2D eigenvalue weighted by Crippen LogP contribution is 2.45. The van der Waals surface area contributed by atoms with Gasteiger partial charge in [-0.05, 0) is 54.9 Å². The second-order valence-electron chi connectivity index (χ2n) is 8.75. The number of para-hydroxylation sites is 1. The van der Waals surface area contributed by atoms with E-state index >= 15 is 0 Å². The van der Waals surface area contributed by atoms with Crippen molar-refractivity contribution in [2.45, 2.75) is 32.4 Å². The normalized spacial score (nSPS) is 20.1. The summed E-state index contributed by atoms with van der Waals surface area (Å²) in [6.45, 7) is 4.10. The minimum atomic E-state index is -0.319. The van der Waals surface area contributed by atoms with Crippen LogP contribution in [0.15, 0.2) is 72.8 Å². The Labute approximate surface area is 192 Å². The number of benzene rings is 3. The zero-order valence-corrected chi connectivity index (χ0v) is 18.8. The van der Waals surface area contributed by atoms with Gasteiger partial charge in [0, 0.05) is 23.0 Å². The quantitative estimate of drug-likeness (QED) is 0.425. The monoisotopic (exact) mass is 437 g/mol. The third kappa shape index (κ3) is 2.67. The van der Waals surface area contributed by atoms with Gasteiger partial charge in [0.1, 0.15) is 6.04 Å². The number of aryl methyl sites for hydroxylation is 2. The van der Waals surface area contributed by atoms with Gasteiger partial charge in [-0.25, -0.2) is 0 Å². The van der Waals surface area contributed by atoms with Crippen molar-refractivity contribution in [3.63, 3.8) is 0 Å². The van der Waals surface area contributed by atoms with Gasteiger partial charge in [-0.1, -0.05) is 66.2 Å². The summed E-state index contributed by atoms with van der Waals surface area (Å²) in [7, 11) is 0. The van der Waals surface area contributed by atoms with E-state index < -0.39 is 0 Å². The molecule has 0 spiro atoms. The highest BCUT2D eigenvalue weighted by atomic mass is 32.1. The molecule has 0 aliphatic carbocycles. The molecule has 0 radical (unpaired) electrons. The highest BCUT2D eigenvalue weighted by molar-refractivity contribution is 7.80. The van der Waals surface area contributed by atoms with E-state index in [-0.39, 0.29) is 18.0 Å². The van der Waals surface area contributed by atoms with E-state index in [1.54, 1.807) is 4.90 Å². The average molecular weight is 438 g/mol. The molecule has 2 atom stereocenters. The second-order valence-corrected chi connectivity index (χ2v) is 9.11. The highest BCUT2D eigenvalue weighted by Gasteiger charge is 2.51. The summed E-state index contributed by atoms with van der Waals surface area (Å²) in [5.41, 5.74) is 7.68. The van der Waals surface area contributed by atoms with Crippen LogP contribution < -0.4 is 4.90 Å². The lowest BCUT2D eigenvalue weighted by molar-refractivity contribution is -0.120. The molecule has 1 aromatic heterocycles. The number of H-pyrrole nitrogens is 1. The molecule has 158 valence electrons. The number of aromatic nitrogens is 1. The van der Waals surface area contributed by atoms with Crippen molar-refractivity contribution in [3.05, 3.63) is 101 Å². The van der Waals surface area contributed by atoms with E-state index in [2.05, 4.69) is 53.2 Å². The lowest BCUT2D eigenvalue weighted by atomic mass is 9.89. The van der Waals surface area contributed by atoms with E-state index in [9.17, 15) is 4.79 Å². The molecule has 2 aliphatic heterocycles. The van der Waals surface area contributed by atoms with E-state index in [0.717, 1.165) is 28.0 Å². The molecule has 1 fully saturated rings. The van der Waals surface area contributed by atoms with Gasteiger partial charge in [-0.3, -0.25) is 9.69 Å². The van der Waals surface area contributed by atoms with Crippen LogP contribution in [-0.2, 0) is 11.2 Å². The number of nitrogens with zero attached hydrogens (tertiary/aromatic N) is 2. The first-order valence-corrected chi connectivity index (χ1v) is 11.3. The smallest absolute Gasteiger partial charge is 0.256 e. The molecule has 3 aromatic carbocycles. The van der Waals surface area contributed by atoms with E-state index in [1.165, 1.54) is 16.5 Å². The number of rotatable bonds is 2. The number of anilines is 1. The fourth-order valence-electron chi connectivity index (χ4n) is 5.33. The Morgan fingerprint density at radius 1 is 0.969 bits per heavy atom. The van der Waals surface area contributed by atoms with Crippen LogP contribution >= 0.6 is 12.2 Å². The molecule has 2 aliphatic rings. The minimum Gasteiger partial charge on any atom is -0.356 e. The SMILES string of the molecule is Cc1ccc(N2C(=O)[C@H]3Cc4c([nH]c5ccccc45)[C@@H](c4ccccc4)N3C2=S)c(C)c1. The summed E-state index contributed by atoms with van der Waals surface area (Å²) in [6, 6.07) is 24.4. The Bertz CT molecular complexity index is 1390. The lowest BCUT2D eigenvalue weighted by Crippen LogP contribution is -2.44. The predicted octanol–water partition coefficient (Wildman–Crippen LogP) is 5.43.